The van der Waals surface area contributed by atoms with E-state index in [1.54, 1.807) is 0 Å². The van der Waals surface area contributed by atoms with E-state index in [1.807, 2.05) is 24.3 Å². The summed E-state index contributed by atoms with van der Waals surface area (Å²) in [7, 11) is 0. The molecule has 0 aliphatic carbocycles. The first-order valence-electron chi connectivity index (χ1n) is 5.92. The maximum absolute atomic E-state index is 11.8. The average molecular weight is 239 g/mol. The first-order chi connectivity index (χ1) is 7.67. The molecule has 1 rings (SSSR count). The van der Waals surface area contributed by atoms with Crippen LogP contribution in [0.15, 0.2) is 24.3 Å². The minimum atomic E-state index is 0.293. The predicted molar refractivity (Wildman–Crippen MR) is 68.9 cm³/mol. The molecule has 0 saturated heterocycles. The molecular weight excluding hydrogens is 220 g/mol. The second kappa shape index (κ2) is 6.70. The third-order valence-corrected chi connectivity index (χ3v) is 3.39. The standard InChI is InChI=1S/C14H19ClO/c1-3-11(4-2)9-13(16)10-12-7-5-6-8-14(12)15/h5-8,11H,3-4,9-10H2,1-2H3. The van der Waals surface area contributed by atoms with Crippen LogP contribution in [-0.4, -0.2) is 5.78 Å². The Hall–Kier alpha value is -0.820. The molecule has 1 nitrogen and oxygen atoms in total. The number of benzene rings is 1. The number of rotatable bonds is 6. The van der Waals surface area contributed by atoms with Gasteiger partial charge < -0.3 is 0 Å². The van der Waals surface area contributed by atoms with Gasteiger partial charge in [-0.05, 0) is 17.5 Å². The molecule has 0 fully saturated rings. The summed E-state index contributed by atoms with van der Waals surface area (Å²) >= 11 is 6.02. The summed E-state index contributed by atoms with van der Waals surface area (Å²) in [5, 5.41) is 0.695. The van der Waals surface area contributed by atoms with Crippen molar-refractivity contribution in [3.05, 3.63) is 34.9 Å². The van der Waals surface area contributed by atoms with E-state index in [4.69, 9.17) is 11.6 Å². The SMILES string of the molecule is CCC(CC)CC(=O)Cc1ccccc1Cl. The van der Waals surface area contributed by atoms with Gasteiger partial charge in [-0.3, -0.25) is 4.79 Å². The van der Waals surface area contributed by atoms with Crippen molar-refractivity contribution >= 4 is 17.4 Å². The van der Waals surface area contributed by atoms with Crippen LogP contribution in [0.25, 0.3) is 0 Å². The number of ketones is 1. The predicted octanol–water partition coefficient (Wildman–Crippen LogP) is 4.28. The van der Waals surface area contributed by atoms with Crippen molar-refractivity contribution < 1.29 is 4.79 Å². The van der Waals surface area contributed by atoms with E-state index in [9.17, 15) is 4.79 Å². The molecule has 88 valence electrons. The molecule has 0 unspecified atom stereocenters. The zero-order chi connectivity index (χ0) is 12.0. The van der Waals surface area contributed by atoms with Crippen LogP contribution in [0.2, 0.25) is 5.02 Å². The Morgan fingerprint density at radius 2 is 1.88 bits per heavy atom. The summed E-state index contributed by atoms with van der Waals surface area (Å²) in [6.45, 7) is 4.27. The van der Waals surface area contributed by atoms with E-state index in [1.165, 1.54) is 0 Å². The molecule has 0 aliphatic rings. The Labute approximate surface area is 103 Å². The van der Waals surface area contributed by atoms with Crippen LogP contribution in [0.5, 0.6) is 0 Å². The Morgan fingerprint density at radius 1 is 1.25 bits per heavy atom. The normalized spacial score (nSPS) is 10.8. The summed E-state index contributed by atoms with van der Waals surface area (Å²) in [6, 6.07) is 7.57. The van der Waals surface area contributed by atoms with Crippen molar-refractivity contribution in [2.75, 3.05) is 0 Å². The van der Waals surface area contributed by atoms with Gasteiger partial charge in [0, 0.05) is 17.9 Å². The third-order valence-electron chi connectivity index (χ3n) is 3.02. The van der Waals surface area contributed by atoms with Gasteiger partial charge in [-0.1, -0.05) is 56.5 Å². The topological polar surface area (TPSA) is 17.1 Å². The van der Waals surface area contributed by atoms with Gasteiger partial charge in [-0.25, -0.2) is 0 Å². The highest BCUT2D eigenvalue weighted by Crippen LogP contribution is 2.19. The second-order valence-corrected chi connectivity index (χ2v) is 4.60. The lowest BCUT2D eigenvalue weighted by atomic mass is 9.94. The minimum Gasteiger partial charge on any atom is -0.299 e. The number of hydrogen-bond acceptors (Lipinski definition) is 1. The summed E-state index contributed by atoms with van der Waals surface area (Å²) in [4.78, 5) is 11.8. The quantitative estimate of drug-likeness (QED) is 0.723. The van der Waals surface area contributed by atoms with Crippen molar-refractivity contribution in [1.29, 1.82) is 0 Å². The van der Waals surface area contributed by atoms with E-state index in [2.05, 4.69) is 13.8 Å². The van der Waals surface area contributed by atoms with E-state index in [-0.39, 0.29) is 0 Å². The maximum Gasteiger partial charge on any atom is 0.137 e. The molecule has 0 amide bonds. The van der Waals surface area contributed by atoms with Crippen LogP contribution in [0.1, 0.15) is 38.7 Å². The fraction of sp³-hybridized carbons (Fsp3) is 0.500. The van der Waals surface area contributed by atoms with Crippen LogP contribution in [-0.2, 0) is 11.2 Å². The van der Waals surface area contributed by atoms with Gasteiger partial charge in [0.05, 0.1) is 0 Å². The third kappa shape index (κ3) is 3.97. The Bertz CT molecular complexity index is 342. The van der Waals surface area contributed by atoms with E-state index in [0.717, 1.165) is 18.4 Å². The zero-order valence-electron chi connectivity index (χ0n) is 10.0. The van der Waals surface area contributed by atoms with Gasteiger partial charge in [0.25, 0.3) is 0 Å². The van der Waals surface area contributed by atoms with Crippen molar-refractivity contribution in [2.24, 2.45) is 5.92 Å². The molecule has 1 aromatic rings. The van der Waals surface area contributed by atoms with Gasteiger partial charge in [0.15, 0.2) is 0 Å². The molecule has 0 radical (unpaired) electrons. The van der Waals surface area contributed by atoms with Gasteiger partial charge >= 0.3 is 0 Å². The molecule has 0 bridgehead atoms. The molecule has 0 aromatic heterocycles. The smallest absolute Gasteiger partial charge is 0.137 e. The second-order valence-electron chi connectivity index (χ2n) is 4.19. The summed E-state index contributed by atoms with van der Waals surface area (Å²) in [5.74, 6) is 0.816. The van der Waals surface area contributed by atoms with Crippen LogP contribution < -0.4 is 0 Å². The van der Waals surface area contributed by atoms with Crippen molar-refractivity contribution in [3.63, 3.8) is 0 Å². The molecule has 0 N–H and O–H groups in total. The summed E-state index contributed by atoms with van der Waals surface area (Å²) in [6.07, 6.45) is 3.30. The lowest BCUT2D eigenvalue weighted by Gasteiger charge is -2.11. The monoisotopic (exact) mass is 238 g/mol. The zero-order valence-corrected chi connectivity index (χ0v) is 10.8. The van der Waals surface area contributed by atoms with Gasteiger partial charge in [-0.15, -0.1) is 0 Å². The number of hydrogen-bond donors (Lipinski definition) is 0. The van der Waals surface area contributed by atoms with Gasteiger partial charge in [0.2, 0.25) is 0 Å². The molecule has 0 aliphatic heterocycles. The number of carbonyl (C=O) groups is 1. The van der Waals surface area contributed by atoms with E-state index >= 15 is 0 Å². The maximum atomic E-state index is 11.8. The average Bonchev–Trinajstić information content (AvgIpc) is 2.29. The fourth-order valence-corrected chi connectivity index (χ4v) is 2.03. The molecule has 0 heterocycles. The van der Waals surface area contributed by atoms with Crippen LogP contribution in [0.4, 0.5) is 0 Å². The largest absolute Gasteiger partial charge is 0.299 e. The van der Waals surface area contributed by atoms with E-state index in [0.29, 0.717) is 29.6 Å². The first-order valence-corrected chi connectivity index (χ1v) is 6.30. The Kier molecular flexibility index (Phi) is 5.54. The highest BCUT2D eigenvalue weighted by Gasteiger charge is 2.11. The van der Waals surface area contributed by atoms with Crippen LogP contribution in [0, 0.1) is 5.92 Å². The lowest BCUT2D eigenvalue weighted by molar-refractivity contribution is -0.119. The van der Waals surface area contributed by atoms with Crippen molar-refractivity contribution in [1.82, 2.24) is 0 Å². The fourth-order valence-electron chi connectivity index (χ4n) is 1.83. The highest BCUT2D eigenvalue weighted by atomic mass is 35.5. The molecule has 16 heavy (non-hydrogen) atoms. The molecule has 1 aromatic carbocycles. The first kappa shape index (κ1) is 13.2. The molecule has 0 atom stereocenters. The number of halogens is 1. The van der Waals surface area contributed by atoms with Gasteiger partial charge in [0.1, 0.15) is 5.78 Å². The Morgan fingerprint density at radius 3 is 2.44 bits per heavy atom. The van der Waals surface area contributed by atoms with Crippen LogP contribution >= 0.6 is 11.6 Å². The summed E-state index contributed by atoms with van der Waals surface area (Å²) < 4.78 is 0. The number of carbonyl (C=O) groups excluding carboxylic acids is 1. The molecule has 0 saturated carbocycles. The van der Waals surface area contributed by atoms with Crippen molar-refractivity contribution in [2.45, 2.75) is 39.5 Å². The lowest BCUT2D eigenvalue weighted by Crippen LogP contribution is -2.09. The van der Waals surface area contributed by atoms with E-state index < -0.39 is 0 Å². The molecule has 0 spiro atoms. The van der Waals surface area contributed by atoms with Gasteiger partial charge in [-0.2, -0.15) is 0 Å². The van der Waals surface area contributed by atoms with Crippen molar-refractivity contribution in [3.8, 4) is 0 Å². The minimum absolute atomic E-state index is 0.293. The molecular formula is C14H19ClO. The number of Topliss-reactive ketones (excluding diaryl/α,β-unsaturated/α-hetero) is 1. The molecule has 2 heteroatoms. The van der Waals surface area contributed by atoms with Crippen LogP contribution in [0.3, 0.4) is 0 Å². The highest BCUT2D eigenvalue weighted by molar-refractivity contribution is 6.31. The Balaban J connectivity index is 2.55. The summed E-state index contributed by atoms with van der Waals surface area (Å²) in [5.41, 5.74) is 0.945.